The number of aliphatic hydroxyl groups is 1. The lowest BCUT2D eigenvalue weighted by Crippen LogP contribution is -2.24. The van der Waals surface area contributed by atoms with Crippen molar-refractivity contribution in [2.24, 2.45) is 0 Å². The fourth-order valence-corrected chi connectivity index (χ4v) is 1.36. The molecule has 1 atom stereocenters. The molecule has 0 saturated carbocycles. The minimum atomic E-state index is -0.912. The third-order valence-corrected chi connectivity index (χ3v) is 2.06. The monoisotopic (exact) mass is 238 g/mol. The van der Waals surface area contributed by atoms with Crippen LogP contribution in [0.15, 0.2) is 24.3 Å². The fraction of sp³-hybridized carbons (Fsp3) is 0.462. The van der Waals surface area contributed by atoms with Crippen LogP contribution < -0.4 is 0 Å². The highest BCUT2D eigenvalue weighted by Gasteiger charge is 2.20. The van der Waals surface area contributed by atoms with Crippen molar-refractivity contribution in [2.45, 2.75) is 38.9 Å². The summed E-state index contributed by atoms with van der Waals surface area (Å²) in [5.41, 5.74) is 0.0276. The molecule has 0 aromatic heterocycles. The molecule has 2 N–H and O–H groups in total. The van der Waals surface area contributed by atoms with Crippen molar-refractivity contribution in [3.8, 4) is 5.75 Å². The van der Waals surface area contributed by atoms with Crippen LogP contribution in [0.4, 0.5) is 0 Å². The molecule has 1 unspecified atom stereocenters. The molecule has 0 bridgehead atoms. The summed E-state index contributed by atoms with van der Waals surface area (Å²) in [6.07, 6.45) is -1.01. The smallest absolute Gasteiger partial charge is 0.309 e. The molecule has 0 fully saturated rings. The lowest BCUT2D eigenvalue weighted by atomic mass is 10.1. The van der Waals surface area contributed by atoms with Gasteiger partial charge in [0.15, 0.2) is 0 Å². The van der Waals surface area contributed by atoms with Crippen LogP contribution >= 0.6 is 0 Å². The van der Waals surface area contributed by atoms with Gasteiger partial charge in [-0.25, -0.2) is 0 Å². The van der Waals surface area contributed by atoms with Crippen molar-refractivity contribution < 1.29 is 19.7 Å². The molecule has 0 aliphatic rings. The van der Waals surface area contributed by atoms with Crippen LogP contribution in [0.1, 0.15) is 38.9 Å². The van der Waals surface area contributed by atoms with E-state index in [4.69, 9.17) is 9.84 Å². The molecule has 0 aliphatic heterocycles. The molecule has 0 aliphatic carbocycles. The van der Waals surface area contributed by atoms with E-state index in [0.717, 1.165) is 0 Å². The number of carbonyl (C=O) groups excluding carboxylic acids is 1. The molecule has 1 aromatic rings. The van der Waals surface area contributed by atoms with E-state index in [-0.39, 0.29) is 12.2 Å². The van der Waals surface area contributed by atoms with Crippen LogP contribution in [-0.2, 0) is 9.53 Å². The quantitative estimate of drug-likeness (QED) is 0.792. The number of aromatic hydroxyl groups is 1. The van der Waals surface area contributed by atoms with E-state index in [1.54, 1.807) is 32.9 Å². The normalized spacial score (nSPS) is 13.2. The molecule has 94 valence electrons. The van der Waals surface area contributed by atoms with Crippen molar-refractivity contribution in [3.05, 3.63) is 29.8 Å². The van der Waals surface area contributed by atoms with E-state index in [0.29, 0.717) is 5.56 Å². The Bertz CT molecular complexity index is 375. The molecular weight excluding hydrogens is 220 g/mol. The predicted octanol–water partition coefficient (Wildman–Crippen LogP) is 2.16. The van der Waals surface area contributed by atoms with Crippen LogP contribution in [0.2, 0.25) is 0 Å². The van der Waals surface area contributed by atoms with E-state index in [1.165, 1.54) is 12.1 Å². The van der Waals surface area contributed by atoms with E-state index >= 15 is 0 Å². The van der Waals surface area contributed by atoms with Gasteiger partial charge in [0.25, 0.3) is 0 Å². The zero-order valence-electron chi connectivity index (χ0n) is 10.3. The zero-order valence-corrected chi connectivity index (χ0v) is 10.3. The average Bonchev–Trinajstić information content (AvgIpc) is 2.15. The number of aliphatic hydroxyl groups excluding tert-OH is 1. The summed E-state index contributed by atoms with van der Waals surface area (Å²) in [6, 6.07) is 6.08. The van der Waals surface area contributed by atoms with Crippen LogP contribution in [0.5, 0.6) is 5.75 Å². The molecule has 4 heteroatoms. The summed E-state index contributed by atoms with van der Waals surface area (Å²) in [5.74, 6) is -0.323. The van der Waals surface area contributed by atoms with Crippen LogP contribution in [0, 0.1) is 0 Å². The molecule has 4 nitrogen and oxygen atoms in total. The third kappa shape index (κ3) is 4.87. The SMILES string of the molecule is CC(C)(C)OC(=O)CC(O)c1ccc(O)cc1. The molecule has 0 radical (unpaired) electrons. The number of phenolic OH excluding ortho intramolecular Hbond substituents is 1. The van der Waals surface area contributed by atoms with Gasteiger partial charge in [-0.2, -0.15) is 0 Å². The highest BCUT2D eigenvalue weighted by atomic mass is 16.6. The van der Waals surface area contributed by atoms with Crippen LogP contribution in [-0.4, -0.2) is 21.8 Å². The van der Waals surface area contributed by atoms with E-state index in [9.17, 15) is 9.90 Å². The molecule has 0 saturated heterocycles. The van der Waals surface area contributed by atoms with Gasteiger partial charge in [0.1, 0.15) is 11.4 Å². The topological polar surface area (TPSA) is 66.8 Å². The molecule has 17 heavy (non-hydrogen) atoms. The predicted molar refractivity (Wildman–Crippen MR) is 63.5 cm³/mol. The van der Waals surface area contributed by atoms with Crippen molar-refractivity contribution in [1.82, 2.24) is 0 Å². The van der Waals surface area contributed by atoms with E-state index < -0.39 is 17.7 Å². The summed E-state index contributed by atoms with van der Waals surface area (Å²) in [5, 5.41) is 18.9. The summed E-state index contributed by atoms with van der Waals surface area (Å²) < 4.78 is 5.11. The van der Waals surface area contributed by atoms with E-state index in [1.807, 2.05) is 0 Å². The van der Waals surface area contributed by atoms with Crippen LogP contribution in [0.3, 0.4) is 0 Å². The highest BCUT2D eigenvalue weighted by Crippen LogP contribution is 2.21. The Morgan fingerprint density at radius 2 is 1.82 bits per heavy atom. The summed E-state index contributed by atoms with van der Waals surface area (Å²) in [4.78, 5) is 11.5. The number of hydrogen-bond donors (Lipinski definition) is 2. The van der Waals surface area contributed by atoms with Gasteiger partial charge in [0, 0.05) is 0 Å². The lowest BCUT2D eigenvalue weighted by molar-refractivity contribution is -0.157. The maximum atomic E-state index is 11.5. The van der Waals surface area contributed by atoms with Crippen molar-refractivity contribution >= 4 is 5.97 Å². The largest absolute Gasteiger partial charge is 0.508 e. The Labute approximate surface area is 101 Å². The Kier molecular flexibility index (Phi) is 4.12. The minimum absolute atomic E-state index is 0.0952. The first-order valence-corrected chi connectivity index (χ1v) is 5.47. The Balaban J connectivity index is 2.57. The molecule has 0 heterocycles. The highest BCUT2D eigenvalue weighted by molar-refractivity contribution is 5.70. The number of carbonyl (C=O) groups is 1. The standard InChI is InChI=1S/C13H18O4/c1-13(2,3)17-12(16)8-11(15)9-4-6-10(14)7-5-9/h4-7,11,14-15H,8H2,1-3H3. The second-order valence-corrected chi connectivity index (χ2v) is 4.90. The maximum absolute atomic E-state index is 11.5. The van der Waals surface area contributed by atoms with Crippen molar-refractivity contribution in [3.63, 3.8) is 0 Å². The molecule has 0 amide bonds. The minimum Gasteiger partial charge on any atom is -0.508 e. The number of esters is 1. The molecular formula is C13H18O4. The third-order valence-electron chi connectivity index (χ3n) is 2.06. The zero-order chi connectivity index (χ0) is 13.1. The number of rotatable bonds is 3. The number of hydrogen-bond acceptors (Lipinski definition) is 4. The van der Waals surface area contributed by atoms with Crippen molar-refractivity contribution in [1.29, 1.82) is 0 Å². The summed E-state index contributed by atoms with van der Waals surface area (Å²) >= 11 is 0. The van der Waals surface area contributed by atoms with Gasteiger partial charge in [-0.05, 0) is 38.5 Å². The second-order valence-electron chi connectivity index (χ2n) is 4.90. The first-order valence-electron chi connectivity index (χ1n) is 5.47. The number of ether oxygens (including phenoxy) is 1. The molecule has 1 rings (SSSR count). The number of phenols is 1. The van der Waals surface area contributed by atoms with Gasteiger partial charge in [-0.15, -0.1) is 0 Å². The fourth-order valence-electron chi connectivity index (χ4n) is 1.36. The number of benzene rings is 1. The van der Waals surface area contributed by atoms with Gasteiger partial charge >= 0.3 is 5.97 Å². The van der Waals surface area contributed by atoms with Gasteiger partial charge < -0.3 is 14.9 Å². The lowest BCUT2D eigenvalue weighted by Gasteiger charge is -2.20. The van der Waals surface area contributed by atoms with Gasteiger partial charge in [-0.3, -0.25) is 4.79 Å². The Hall–Kier alpha value is -1.55. The summed E-state index contributed by atoms with van der Waals surface area (Å²) in [7, 11) is 0. The maximum Gasteiger partial charge on any atom is 0.309 e. The second kappa shape index (κ2) is 5.19. The summed E-state index contributed by atoms with van der Waals surface area (Å²) in [6.45, 7) is 5.33. The molecule has 1 aromatic carbocycles. The van der Waals surface area contributed by atoms with Crippen molar-refractivity contribution in [2.75, 3.05) is 0 Å². The molecule has 0 spiro atoms. The first-order chi connectivity index (χ1) is 7.78. The Morgan fingerprint density at radius 3 is 2.29 bits per heavy atom. The van der Waals surface area contributed by atoms with Gasteiger partial charge in [-0.1, -0.05) is 12.1 Å². The first kappa shape index (κ1) is 13.5. The average molecular weight is 238 g/mol. The van der Waals surface area contributed by atoms with Gasteiger partial charge in [0.2, 0.25) is 0 Å². The van der Waals surface area contributed by atoms with Gasteiger partial charge in [0.05, 0.1) is 12.5 Å². The van der Waals surface area contributed by atoms with E-state index in [2.05, 4.69) is 0 Å². The van der Waals surface area contributed by atoms with Crippen LogP contribution in [0.25, 0.3) is 0 Å². The Morgan fingerprint density at radius 1 is 1.29 bits per heavy atom.